The summed E-state index contributed by atoms with van der Waals surface area (Å²) >= 11 is 3.44. The van der Waals surface area contributed by atoms with Crippen LogP contribution in [0.25, 0.3) is 10.9 Å². The summed E-state index contributed by atoms with van der Waals surface area (Å²) in [5, 5.41) is 10.9. The van der Waals surface area contributed by atoms with Crippen molar-refractivity contribution in [1.29, 1.82) is 0 Å². The molecule has 0 atom stereocenters. The third kappa shape index (κ3) is 2.47. The van der Waals surface area contributed by atoms with Crippen molar-refractivity contribution in [2.75, 3.05) is 0 Å². The maximum Gasteiger partial charge on any atom is 0.198 e. The summed E-state index contributed by atoms with van der Waals surface area (Å²) in [5.41, 5.74) is 3.64. The molecule has 100 valence electrons. The molecule has 3 aromatic rings. The molecular formula is C16H13BrN2O. The van der Waals surface area contributed by atoms with Gasteiger partial charge in [-0.3, -0.25) is 4.99 Å². The van der Waals surface area contributed by atoms with Crippen LogP contribution in [-0.4, -0.2) is 16.3 Å². The third-order valence-corrected chi connectivity index (χ3v) is 3.65. The van der Waals surface area contributed by atoms with Gasteiger partial charge in [0, 0.05) is 21.6 Å². The van der Waals surface area contributed by atoms with Crippen LogP contribution in [0.15, 0.2) is 51.9 Å². The Labute approximate surface area is 125 Å². The summed E-state index contributed by atoms with van der Waals surface area (Å²) < 4.78 is 0.967. The Hall–Kier alpha value is -2.07. The lowest BCUT2D eigenvalue weighted by atomic mass is 10.2. The lowest BCUT2D eigenvalue weighted by Gasteiger charge is -1.96. The molecule has 2 N–H and O–H groups in total. The Bertz CT molecular complexity index is 788. The molecule has 0 aliphatic heterocycles. The van der Waals surface area contributed by atoms with Gasteiger partial charge in [-0.15, -0.1) is 0 Å². The molecule has 0 aliphatic carbocycles. The van der Waals surface area contributed by atoms with E-state index in [1.54, 1.807) is 6.21 Å². The normalized spacial score (nSPS) is 11.5. The van der Waals surface area contributed by atoms with E-state index in [9.17, 15) is 5.11 Å². The fourth-order valence-electron chi connectivity index (χ4n) is 2.07. The molecule has 0 saturated heterocycles. The van der Waals surface area contributed by atoms with Gasteiger partial charge in [0.25, 0.3) is 0 Å². The molecule has 0 saturated carbocycles. The number of nitrogens with zero attached hydrogens (tertiary/aromatic N) is 1. The number of fused-ring (bicyclic) bond motifs is 1. The van der Waals surface area contributed by atoms with Crippen LogP contribution < -0.4 is 0 Å². The van der Waals surface area contributed by atoms with Gasteiger partial charge < -0.3 is 10.1 Å². The molecule has 0 spiro atoms. The zero-order chi connectivity index (χ0) is 14.1. The molecule has 20 heavy (non-hydrogen) atoms. The van der Waals surface area contributed by atoms with Crippen molar-refractivity contribution in [1.82, 2.24) is 4.98 Å². The molecule has 4 heteroatoms. The lowest BCUT2D eigenvalue weighted by molar-refractivity contribution is 0.457. The predicted octanol–water partition coefficient (Wildman–Crippen LogP) is 4.70. The van der Waals surface area contributed by atoms with Crippen LogP contribution in [-0.2, 0) is 0 Å². The number of rotatable bonds is 2. The van der Waals surface area contributed by atoms with Crippen molar-refractivity contribution in [2.24, 2.45) is 4.99 Å². The van der Waals surface area contributed by atoms with E-state index in [0.29, 0.717) is 5.56 Å². The second-order valence-electron chi connectivity index (χ2n) is 4.67. The zero-order valence-corrected chi connectivity index (χ0v) is 12.5. The Morgan fingerprint density at radius 1 is 1.15 bits per heavy atom. The smallest absolute Gasteiger partial charge is 0.198 e. The van der Waals surface area contributed by atoms with Crippen LogP contribution in [0.2, 0.25) is 0 Å². The quantitative estimate of drug-likeness (QED) is 0.658. The molecule has 3 nitrogen and oxygen atoms in total. The Balaban J connectivity index is 2.03. The van der Waals surface area contributed by atoms with Crippen LogP contribution in [0.3, 0.4) is 0 Å². The minimum Gasteiger partial charge on any atom is -0.494 e. The lowest BCUT2D eigenvalue weighted by Crippen LogP contribution is -1.79. The molecule has 0 fully saturated rings. The van der Waals surface area contributed by atoms with E-state index >= 15 is 0 Å². The number of nitrogens with one attached hydrogen (secondary N) is 1. The number of halogens is 1. The molecule has 0 bridgehead atoms. The number of aromatic nitrogens is 1. The van der Waals surface area contributed by atoms with Crippen LogP contribution in [0.5, 0.6) is 5.88 Å². The van der Waals surface area contributed by atoms with Gasteiger partial charge in [0.2, 0.25) is 0 Å². The number of aliphatic imine (C=N–C) groups is 1. The molecule has 0 amide bonds. The molecule has 2 aromatic carbocycles. The van der Waals surface area contributed by atoms with Crippen LogP contribution in [0, 0.1) is 6.92 Å². The first-order valence-corrected chi connectivity index (χ1v) is 7.04. The van der Waals surface area contributed by atoms with Gasteiger partial charge in [-0.1, -0.05) is 33.6 Å². The van der Waals surface area contributed by atoms with Crippen molar-refractivity contribution >= 4 is 38.7 Å². The minimum absolute atomic E-state index is 0.133. The average Bonchev–Trinajstić information content (AvgIpc) is 2.73. The zero-order valence-electron chi connectivity index (χ0n) is 10.9. The fourth-order valence-corrected chi connectivity index (χ4v) is 2.43. The Kier molecular flexibility index (Phi) is 3.32. The first kappa shape index (κ1) is 12.9. The summed E-state index contributed by atoms with van der Waals surface area (Å²) in [7, 11) is 0. The van der Waals surface area contributed by atoms with Crippen LogP contribution in [0.4, 0.5) is 5.69 Å². The number of aromatic hydroxyl groups is 1. The maximum atomic E-state index is 9.99. The minimum atomic E-state index is 0.133. The monoisotopic (exact) mass is 328 g/mol. The largest absolute Gasteiger partial charge is 0.494 e. The van der Waals surface area contributed by atoms with Crippen molar-refractivity contribution < 1.29 is 5.11 Å². The summed E-state index contributed by atoms with van der Waals surface area (Å²) in [4.78, 5) is 7.35. The number of hydrogen-bond acceptors (Lipinski definition) is 2. The van der Waals surface area contributed by atoms with Gasteiger partial charge in [-0.25, -0.2) is 0 Å². The third-order valence-electron chi connectivity index (χ3n) is 3.16. The number of benzene rings is 2. The molecule has 1 aromatic heterocycles. The SMILES string of the molecule is Cc1ccc(N=Cc2c(O)[nH]c3ccc(Br)cc23)cc1. The van der Waals surface area contributed by atoms with Gasteiger partial charge in [0.05, 0.1) is 11.3 Å². The Morgan fingerprint density at radius 3 is 2.65 bits per heavy atom. The molecule has 0 unspecified atom stereocenters. The van der Waals surface area contributed by atoms with E-state index in [-0.39, 0.29) is 5.88 Å². The van der Waals surface area contributed by atoms with E-state index in [2.05, 4.69) is 25.9 Å². The van der Waals surface area contributed by atoms with Crippen LogP contribution >= 0.6 is 15.9 Å². The van der Waals surface area contributed by atoms with Gasteiger partial charge in [0.1, 0.15) is 0 Å². The summed E-state index contributed by atoms with van der Waals surface area (Å²) in [5.74, 6) is 0.133. The topological polar surface area (TPSA) is 48.4 Å². The van der Waals surface area contributed by atoms with E-state index in [1.807, 2.05) is 49.4 Å². The number of aryl methyl sites for hydroxylation is 1. The highest BCUT2D eigenvalue weighted by molar-refractivity contribution is 9.10. The highest BCUT2D eigenvalue weighted by Crippen LogP contribution is 2.28. The van der Waals surface area contributed by atoms with Crippen LogP contribution in [0.1, 0.15) is 11.1 Å². The first-order chi connectivity index (χ1) is 9.63. The fraction of sp³-hybridized carbons (Fsp3) is 0.0625. The molecule has 0 aliphatic rings. The van der Waals surface area contributed by atoms with E-state index in [1.165, 1.54) is 5.56 Å². The maximum absolute atomic E-state index is 9.99. The predicted molar refractivity (Wildman–Crippen MR) is 86.1 cm³/mol. The second-order valence-corrected chi connectivity index (χ2v) is 5.59. The summed E-state index contributed by atoms with van der Waals surface area (Å²) in [6.07, 6.45) is 1.69. The molecule has 1 heterocycles. The molecular weight excluding hydrogens is 316 g/mol. The molecule has 3 rings (SSSR count). The van der Waals surface area contributed by atoms with Crippen molar-refractivity contribution in [2.45, 2.75) is 6.92 Å². The number of aromatic amines is 1. The van der Waals surface area contributed by atoms with Crippen molar-refractivity contribution in [3.8, 4) is 5.88 Å². The summed E-state index contributed by atoms with van der Waals surface area (Å²) in [6.45, 7) is 2.04. The van der Waals surface area contributed by atoms with Gasteiger partial charge in [-0.2, -0.15) is 0 Å². The highest BCUT2D eigenvalue weighted by Gasteiger charge is 2.08. The first-order valence-electron chi connectivity index (χ1n) is 6.24. The number of H-pyrrole nitrogens is 1. The van der Waals surface area contributed by atoms with Gasteiger partial charge in [0.15, 0.2) is 5.88 Å². The highest BCUT2D eigenvalue weighted by atomic mass is 79.9. The van der Waals surface area contributed by atoms with Crippen molar-refractivity contribution in [3.63, 3.8) is 0 Å². The van der Waals surface area contributed by atoms with Crippen molar-refractivity contribution in [3.05, 3.63) is 58.1 Å². The summed E-state index contributed by atoms with van der Waals surface area (Å²) in [6, 6.07) is 13.7. The van der Waals surface area contributed by atoms with E-state index < -0.39 is 0 Å². The molecule has 0 radical (unpaired) electrons. The van der Waals surface area contributed by atoms with Gasteiger partial charge in [-0.05, 0) is 37.3 Å². The second kappa shape index (κ2) is 5.13. The van der Waals surface area contributed by atoms with Gasteiger partial charge >= 0.3 is 0 Å². The van der Waals surface area contributed by atoms with E-state index in [0.717, 1.165) is 21.1 Å². The average molecular weight is 329 g/mol. The standard InChI is InChI=1S/C16H13BrN2O/c1-10-2-5-12(6-3-10)18-9-14-13-8-11(17)4-7-15(13)19-16(14)20/h2-9,19-20H,1H3. The number of hydrogen-bond donors (Lipinski definition) is 2. The Morgan fingerprint density at radius 2 is 1.90 bits per heavy atom. The van der Waals surface area contributed by atoms with E-state index in [4.69, 9.17) is 0 Å².